The Labute approximate surface area is 182 Å². The van der Waals surface area contributed by atoms with Crippen LogP contribution in [0.4, 0.5) is 0 Å². The van der Waals surface area contributed by atoms with Crippen molar-refractivity contribution in [1.29, 1.82) is 0 Å². The summed E-state index contributed by atoms with van der Waals surface area (Å²) in [4.78, 5) is 0. The molecule has 0 bridgehead atoms. The zero-order chi connectivity index (χ0) is 20.9. The average Bonchev–Trinajstić information content (AvgIpc) is 3.00. The van der Waals surface area contributed by atoms with Gasteiger partial charge in [-0.15, -0.1) is 0 Å². The Balaban J connectivity index is 1.60. The minimum absolute atomic E-state index is 0.526. The van der Waals surface area contributed by atoms with E-state index in [9.17, 15) is 0 Å². The van der Waals surface area contributed by atoms with Crippen LogP contribution in [-0.2, 0) is 0 Å². The fourth-order valence-electron chi connectivity index (χ4n) is 9.51. The van der Waals surface area contributed by atoms with Gasteiger partial charge in [-0.3, -0.25) is 0 Å². The van der Waals surface area contributed by atoms with Crippen molar-refractivity contribution in [3.63, 3.8) is 0 Å². The predicted octanol–water partition coefficient (Wildman–Crippen LogP) is 9.20. The SMILES string of the molecule is CC[C@@]12CC[C@H]([C@H](C)CCCC(C)C)[C@@]1(C)CC[C@H]1C2=CC[C@H]2CCCC[C@@]21C. The van der Waals surface area contributed by atoms with Crippen LogP contribution < -0.4 is 0 Å². The van der Waals surface area contributed by atoms with Gasteiger partial charge < -0.3 is 0 Å². The van der Waals surface area contributed by atoms with Crippen LogP contribution >= 0.6 is 0 Å². The Morgan fingerprint density at radius 3 is 2.48 bits per heavy atom. The van der Waals surface area contributed by atoms with E-state index >= 15 is 0 Å². The molecule has 4 aliphatic rings. The summed E-state index contributed by atoms with van der Waals surface area (Å²) >= 11 is 0. The fourth-order valence-corrected chi connectivity index (χ4v) is 9.51. The smallest absolute Gasteiger partial charge is 0.00311 e. The quantitative estimate of drug-likeness (QED) is 0.391. The van der Waals surface area contributed by atoms with Crippen LogP contribution in [0.2, 0.25) is 0 Å². The highest BCUT2D eigenvalue weighted by Crippen LogP contribution is 2.73. The molecule has 0 aromatic carbocycles. The van der Waals surface area contributed by atoms with Crippen molar-refractivity contribution in [2.24, 2.45) is 45.8 Å². The van der Waals surface area contributed by atoms with Gasteiger partial charge in [-0.2, -0.15) is 0 Å². The number of fused-ring (bicyclic) bond motifs is 5. The van der Waals surface area contributed by atoms with E-state index in [1.54, 1.807) is 0 Å². The van der Waals surface area contributed by atoms with Crippen LogP contribution in [0.1, 0.15) is 125 Å². The minimum atomic E-state index is 0.526. The molecule has 0 aromatic heterocycles. The third-order valence-electron chi connectivity index (χ3n) is 11.3. The van der Waals surface area contributed by atoms with Crippen LogP contribution in [-0.4, -0.2) is 0 Å². The van der Waals surface area contributed by atoms with Crippen molar-refractivity contribution in [2.45, 2.75) is 125 Å². The van der Waals surface area contributed by atoms with Gasteiger partial charge in [0.15, 0.2) is 0 Å². The van der Waals surface area contributed by atoms with Crippen LogP contribution in [0.15, 0.2) is 11.6 Å². The number of allylic oxidation sites excluding steroid dienone is 2. The second-order valence-corrected chi connectivity index (χ2v) is 12.7. The number of hydrogen-bond acceptors (Lipinski definition) is 0. The standard InChI is InChI=1S/C29H50/c1-7-29-20-17-24(22(4)12-10-11-21(2)3)28(29,6)19-16-25-26(29)15-14-23-13-8-9-18-27(23,25)5/h15,21-25H,7-14,16-20H2,1-6H3/t22-,23-,24-,25+,27+,28-,29+/m1/s1. The summed E-state index contributed by atoms with van der Waals surface area (Å²) in [5, 5.41) is 0. The van der Waals surface area contributed by atoms with Crippen LogP contribution in [0.5, 0.6) is 0 Å². The molecule has 3 fully saturated rings. The van der Waals surface area contributed by atoms with Gasteiger partial charge in [0.1, 0.15) is 0 Å². The maximum atomic E-state index is 2.83. The van der Waals surface area contributed by atoms with Gasteiger partial charge >= 0.3 is 0 Å². The molecule has 0 unspecified atom stereocenters. The molecule has 0 heterocycles. The maximum absolute atomic E-state index is 2.83. The summed E-state index contributed by atoms with van der Waals surface area (Å²) in [7, 11) is 0. The molecule has 0 spiro atoms. The highest BCUT2D eigenvalue weighted by molar-refractivity contribution is 5.33. The highest BCUT2D eigenvalue weighted by Gasteiger charge is 2.64. The molecule has 7 atom stereocenters. The Bertz CT molecular complexity index is 614. The Kier molecular flexibility index (Phi) is 6.07. The zero-order valence-electron chi connectivity index (χ0n) is 20.7. The van der Waals surface area contributed by atoms with Crippen molar-refractivity contribution in [2.75, 3.05) is 0 Å². The third-order valence-corrected chi connectivity index (χ3v) is 11.3. The average molecular weight is 399 g/mol. The molecule has 0 saturated heterocycles. The van der Waals surface area contributed by atoms with E-state index in [0.717, 1.165) is 29.6 Å². The summed E-state index contributed by atoms with van der Waals surface area (Å²) in [5.41, 5.74) is 3.68. The predicted molar refractivity (Wildman–Crippen MR) is 127 cm³/mol. The normalized spacial score (nSPS) is 45.3. The summed E-state index contributed by atoms with van der Waals surface area (Å²) in [5.74, 6) is 4.61. The first-order chi connectivity index (χ1) is 13.8. The van der Waals surface area contributed by atoms with E-state index in [4.69, 9.17) is 0 Å². The molecule has 0 radical (unpaired) electrons. The van der Waals surface area contributed by atoms with Crippen molar-refractivity contribution in [1.82, 2.24) is 0 Å². The molecule has 0 amide bonds. The van der Waals surface area contributed by atoms with E-state index < -0.39 is 0 Å². The summed E-state index contributed by atoms with van der Waals surface area (Å²) in [6, 6.07) is 0. The fraction of sp³-hybridized carbons (Fsp3) is 0.931. The Morgan fingerprint density at radius 2 is 1.76 bits per heavy atom. The maximum Gasteiger partial charge on any atom is -0.00311 e. The van der Waals surface area contributed by atoms with E-state index in [-0.39, 0.29) is 0 Å². The van der Waals surface area contributed by atoms with E-state index in [1.165, 1.54) is 83.5 Å². The lowest BCUT2D eigenvalue weighted by atomic mass is 9.43. The number of hydrogen-bond donors (Lipinski definition) is 0. The van der Waals surface area contributed by atoms with E-state index in [0.29, 0.717) is 16.2 Å². The molecule has 0 nitrogen and oxygen atoms in total. The van der Waals surface area contributed by atoms with E-state index in [1.807, 2.05) is 5.57 Å². The lowest BCUT2D eigenvalue weighted by Crippen LogP contribution is -2.53. The second-order valence-electron chi connectivity index (χ2n) is 12.7. The first-order valence-corrected chi connectivity index (χ1v) is 13.5. The molecular weight excluding hydrogens is 348 g/mol. The van der Waals surface area contributed by atoms with Gasteiger partial charge in [0.2, 0.25) is 0 Å². The van der Waals surface area contributed by atoms with Gasteiger partial charge in [-0.25, -0.2) is 0 Å². The molecule has 0 aliphatic heterocycles. The van der Waals surface area contributed by atoms with Crippen LogP contribution in [0.3, 0.4) is 0 Å². The summed E-state index contributed by atoms with van der Waals surface area (Å²) < 4.78 is 0. The third kappa shape index (κ3) is 3.29. The van der Waals surface area contributed by atoms with Crippen LogP contribution in [0.25, 0.3) is 0 Å². The van der Waals surface area contributed by atoms with Gasteiger partial charge in [-0.1, -0.05) is 85.3 Å². The molecule has 4 rings (SSSR count). The lowest BCUT2D eigenvalue weighted by Gasteiger charge is -2.62. The summed E-state index contributed by atoms with van der Waals surface area (Å²) in [6.07, 6.45) is 21.9. The molecule has 0 heteroatoms. The lowest BCUT2D eigenvalue weighted by molar-refractivity contribution is -0.0501. The van der Waals surface area contributed by atoms with Gasteiger partial charge in [0.05, 0.1) is 0 Å². The highest BCUT2D eigenvalue weighted by atomic mass is 14.7. The van der Waals surface area contributed by atoms with Crippen molar-refractivity contribution >= 4 is 0 Å². The van der Waals surface area contributed by atoms with Gasteiger partial charge in [0, 0.05) is 0 Å². The second kappa shape index (κ2) is 8.02. The molecule has 29 heavy (non-hydrogen) atoms. The van der Waals surface area contributed by atoms with Crippen LogP contribution in [0, 0.1) is 45.8 Å². The molecule has 4 aliphatic carbocycles. The molecular formula is C29H50. The first-order valence-electron chi connectivity index (χ1n) is 13.5. The largest absolute Gasteiger partial charge is 0.0842 e. The van der Waals surface area contributed by atoms with Crippen molar-refractivity contribution in [3.8, 4) is 0 Å². The monoisotopic (exact) mass is 398 g/mol. The first kappa shape index (κ1) is 22.0. The Hall–Kier alpha value is -0.260. The van der Waals surface area contributed by atoms with Crippen molar-refractivity contribution < 1.29 is 0 Å². The molecule has 3 saturated carbocycles. The Morgan fingerprint density at radius 1 is 0.966 bits per heavy atom. The molecule has 0 N–H and O–H groups in total. The number of rotatable bonds is 6. The van der Waals surface area contributed by atoms with Crippen molar-refractivity contribution in [3.05, 3.63) is 11.6 Å². The van der Waals surface area contributed by atoms with Gasteiger partial charge in [0.25, 0.3) is 0 Å². The van der Waals surface area contributed by atoms with E-state index in [2.05, 4.69) is 47.6 Å². The van der Waals surface area contributed by atoms with Gasteiger partial charge in [-0.05, 0) is 97.2 Å². The summed E-state index contributed by atoms with van der Waals surface area (Å²) in [6.45, 7) is 15.4. The molecule has 0 aromatic rings. The zero-order valence-corrected chi connectivity index (χ0v) is 20.7. The minimum Gasteiger partial charge on any atom is -0.0842 e. The molecule has 166 valence electrons. The topological polar surface area (TPSA) is 0 Å².